The van der Waals surface area contributed by atoms with E-state index in [1.165, 1.54) is 36.0 Å². The molecule has 1 fully saturated rings. The molecule has 0 aromatic heterocycles. The molecule has 0 radical (unpaired) electrons. The Morgan fingerprint density at radius 2 is 1.79 bits per heavy atom. The monoisotopic (exact) mass is 482 g/mol. The molecule has 0 spiro atoms. The first-order chi connectivity index (χ1) is 16.3. The van der Waals surface area contributed by atoms with Crippen LogP contribution in [0.3, 0.4) is 0 Å². The lowest BCUT2D eigenvalue weighted by atomic mass is 10.0. The second-order valence-electron chi connectivity index (χ2n) is 7.81. The van der Waals surface area contributed by atoms with Gasteiger partial charge in [0.1, 0.15) is 23.2 Å². The van der Waals surface area contributed by atoms with Gasteiger partial charge in [-0.2, -0.15) is 0 Å². The number of nitrogens with two attached hydrogens (primary N) is 1. The first-order valence-electron chi connectivity index (χ1n) is 10.4. The Balaban J connectivity index is 1.44. The van der Waals surface area contributed by atoms with E-state index in [1.54, 1.807) is 24.3 Å². The highest BCUT2D eigenvalue weighted by atomic mass is 32.2. The quantitative estimate of drug-likeness (QED) is 0.355. The molecule has 2 aromatic rings. The van der Waals surface area contributed by atoms with Crippen molar-refractivity contribution in [2.24, 2.45) is 5.73 Å². The van der Waals surface area contributed by atoms with E-state index in [9.17, 15) is 29.4 Å². The molecule has 0 aliphatic carbocycles. The highest BCUT2D eigenvalue weighted by Crippen LogP contribution is 2.39. The molecule has 0 saturated carbocycles. The van der Waals surface area contributed by atoms with Gasteiger partial charge in [0.25, 0.3) is 5.91 Å². The topological polar surface area (TPSA) is 162 Å². The van der Waals surface area contributed by atoms with Gasteiger partial charge < -0.3 is 26.6 Å². The normalized spacial score (nSPS) is 20.1. The molecule has 3 atom stereocenters. The van der Waals surface area contributed by atoms with E-state index in [0.29, 0.717) is 5.56 Å². The fraction of sp³-hybridized carbons (Fsp3) is 0.217. The Hall–Kier alpha value is -3.83. The maximum Gasteiger partial charge on any atom is 0.354 e. The second-order valence-corrected chi connectivity index (χ2v) is 8.91. The summed E-state index contributed by atoms with van der Waals surface area (Å²) in [4.78, 5) is 50.8. The van der Waals surface area contributed by atoms with Gasteiger partial charge in [-0.25, -0.2) is 4.79 Å². The number of rotatable bonds is 7. The van der Waals surface area contributed by atoms with Gasteiger partial charge in [0.2, 0.25) is 11.8 Å². The van der Waals surface area contributed by atoms with Crippen molar-refractivity contribution in [1.82, 2.24) is 15.5 Å². The number of carboxylic acids is 1. The van der Waals surface area contributed by atoms with Crippen LogP contribution >= 0.6 is 11.8 Å². The molecule has 2 aliphatic heterocycles. The first-order valence-corrected chi connectivity index (χ1v) is 11.4. The van der Waals surface area contributed by atoms with Gasteiger partial charge in [0.05, 0.1) is 12.1 Å². The fourth-order valence-corrected chi connectivity index (χ4v) is 5.07. The lowest BCUT2D eigenvalue weighted by molar-refractivity contribution is -0.151. The van der Waals surface area contributed by atoms with Crippen LogP contribution in [0.4, 0.5) is 0 Å². The fourth-order valence-electron chi connectivity index (χ4n) is 3.79. The van der Waals surface area contributed by atoms with Crippen molar-refractivity contribution >= 4 is 35.5 Å². The number of phenols is 1. The molecule has 176 valence electrons. The number of amides is 3. The number of β-lactam (4-membered cyclic amide) rings is 1. The number of carbonyl (C=O) groups is 4. The summed E-state index contributed by atoms with van der Waals surface area (Å²) < 4.78 is 0. The van der Waals surface area contributed by atoms with E-state index in [4.69, 9.17) is 5.73 Å². The van der Waals surface area contributed by atoms with Crippen LogP contribution in [0.1, 0.15) is 17.2 Å². The lowest BCUT2D eigenvalue weighted by Gasteiger charge is -2.49. The maximum absolute atomic E-state index is 12.8. The molecular weight excluding hydrogens is 460 g/mol. The molecule has 3 amide bonds. The Morgan fingerprint density at radius 3 is 2.44 bits per heavy atom. The van der Waals surface area contributed by atoms with Gasteiger partial charge in [-0.1, -0.05) is 42.5 Å². The summed E-state index contributed by atoms with van der Waals surface area (Å²) in [6.45, 7) is 0. The van der Waals surface area contributed by atoms with Gasteiger partial charge in [-0.3, -0.25) is 19.3 Å². The van der Waals surface area contributed by atoms with E-state index in [0.717, 1.165) is 10.5 Å². The van der Waals surface area contributed by atoms with Crippen molar-refractivity contribution in [3.05, 3.63) is 77.1 Å². The highest BCUT2D eigenvalue weighted by Gasteiger charge is 2.54. The van der Waals surface area contributed by atoms with Crippen LogP contribution in [0.2, 0.25) is 0 Å². The van der Waals surface area contributed by atoms with Crippen LogP contribution in [-0.4, -0.2) is 56.0 Å². The zero-order valence-electron chi connectivity index (χ0n) is 17.8. The molecule has 11 heteroatoms. The molecule has 0 bridgehead atoms. The largest absolute Gasteiger partial charge is 0.508 e. The summed E-state index contributed by atoms with van der Waals surface area (Å²) in [5.74, 6) is -2.77. The molecule has 1 saturated heterocycles. The smallest absolute Gasteiger partial charge is 0.354 e. The van der Waals surface area contributed by atoms with E-state index in [2.05, 4.69) is 10.6 Å². The third-order valence-corrected chi connectivity index (χ3v) is 6.78. The molecule has 34 heavy (non-hydrogen) atoms. The molecule has 2 aliphatic rings. The summed E-state index contributed by atoms with van der Waals surface area (Å²) in [6, 6.07) is 12.8. The number of hydrogen-bond acceptors (Lipinski definition) is 7. The predicted octanol–water partition coefficient (Wildman–Crippen LogP) is 0.447. The zero-order valence-corrected chi connectivity index (χ0v) is 18.6. The zero-order chi connectivity index (χ0) is 24.4. The summed E-state index contributed by atoms with van der Waals surface area (Å²) in [5.41, 5.74) is 7.02. The third-order valence-electron chi connectivity index (χ3n) is 5.50. The van der Waals surface area contributed by atoms with E-state index >= 15 is 0 Å². The number of nitrogens with zero attached hydrogens (tertiary/aromatic N) is 1. The molecule has 4 rings (SSSR count). The van der Waals surface area contributed by atoms with Gasteiger partial charge >= 0.3 is 5.97 Å². The Morgan fingerprint density at radius 1 is 1.12 bits per heavy atom. The standard InChI is InChI=1S/C23H22N4O6S/c24-17(13-6-8-14(28)9-7-13)20(30)26-18-21(31)27-19(23(32)33)15(11-34-22(18)27)25-16(29)10-12-4-2-1-3-5-12/h1-9,17-18,22,28H,10-11,24H2,(H,25,29)(H,26,30)(H,32,33)/t17?,18?,22-/m1/s1. The minimum atomic E-state index is -1.35. The van der Waals surface area contributed by atoms with Crippen LogP contribution in [0.15, 0.2) is 66.0 Å². The van der Waals surface area contributed by atoms with Crippen LogP contribution in [0, 0.1) is 0 Å². The van der Waals surface area contributed by atoms with E-state index in [1.807, 2.05) is 6.07 Å². The van der Waals surface area contributed by atoms with Gasteiger partial charge in [-0.15, -0.1) is 11.8 Å². The summed E-state index contributed by atoms with van der Waals surface area (Å²) in [6.07, 6.45) is 0.0626. The summed E-state index contributed by atoms with van der Waals surface area (Å²) in [5, 5.41) is 23.7. The number of phenolic OH excluding ortho intramolecular Hbond substituents is 1. The number of carbonyl (C=O) groups excluding carboxylic acids is 3. The molecular formula is C23H22N4O6S. The number of fused-ring (bicyclic) bond motifs is 1. The maximum atomic E-state index is 12.8. The number of nitrogens with one attached hydrogen (secondary N) is 2. The van der Waals surface area contributed by atoms with Crippen molar-refractivity contribution < 1.29 is 29.4 Å². The minimum absolute atomic E-state index is 0.0272. The Labute approximate surface area is 198 Å². The van der Waals surface area contributed by atoms with Crippen molar-refractivity contribution in [2.75, 3.05) is 5.75 Å². The lowest BCUT2D eigenvalue weighted by Crippen LogP contribution is -2.71. The van der Waals surface area contributed by atoms with Gasteiger partial charge in [-0.05, 0) is 23.3 Å². The Kier molecular flexibility index (Phi) is 6.57. The van der Waals surface area contributed by atoms with Gasteiger partial charge in [0, 0.05) is 5.75 Å². The number of aromatic hydroxyl groups is 1. The SMILES string of the molecule is NC(C(=O)NC1C(=O)N2C(C(=O)O)=C(NC(=O)Cc3ccccc3)CS[C@H]12)c1ccc(O)cc1. The Bertz CT molecular complexity index is 1170. The van der Waals surface area contributed by atoms with E-state index < -0.39 is 41.1 Å². The van der Waals surface area contributed by atoms with Crippen LogP contribution in [0.25, 0.3) is 0 Å². The average Bonchev–Trinajstić information content (AvgIpc) is 2.82. The van der Waals surface area contributed by atoms with Crippen LogP contribution in [-0.2, 0) is 25.6 Å². The van der Waals surface area contributed by atoms with Crippen LogP contribution in [0.5, 0.6) is 5.75 Å². The number of benzene rings is 2. The van der Waals surface area contributed by atoms with E-state index in [-0.39, 0.29) is 29.3 Å². The second kappa shape index (κ2) is 9.57. The highest BCUT2D eigenvalue weighted by molar-refractivity contribution is 8.00. The number of thioether (sulfide) groups is 1. The van der Waals surface area contributed by atoms with Crippen LogP contribution < -0.4 is 16.4 Å². The van der Waals surface area contributed by atoms with Crippen molar-refractivity contribution in [3.63, 3.8) is 0 Å². The van der Waals surface area contributed by atoms with Crippen molar-refractivity contribution in [2.45, 2.75) is 23.9 Å². The molecule has 2 heterocycles. The van der Waals surface area contributed by atoms with Crippen molar-refractivity contribution in [3.8, 4) is 5.75 Å². The first kappa shape index (κ1) is 23.3. The summed E-state index contributed by atoms with van der Waals surface area (Å²) in [7, 11) is 0. The molecule has 6 N–H and O–H groups in total. The van der Waals surface area contributed by atoms with Gasteiger partial charge in [0.15, 0.2) is 5.70 Å². The third kappa shape index (κ3) is 4.61. The predicted molar refractivity (Wildman–Crippen MR) is 123 cm³/mol. The molecule has 2 aromatic carbocycles. The molecule has 2 unspecified atom stereocenters. The number of hydrogen-bond donors (Lipinski definition) is 5. The average molecular weight is 483 g/mol. The van der Waals surface area contributed by atoms with Crippen molar-refractivity contribution in [1.29, 1.82) is 0 Å². The minimum Gasteiger partial charge on any atom is -0.508 e. The number of aliphatic carboxylic acids is 1. The molecule has 10 nitrogen and oxygen atoms in total. The summed E-state index contributed by atoms with van der Waals surface area (Å²) >= 11 is 1.23. The number of carboxylic acid groups (broad SMARTS) is 1.